The van der Waals surface area contributed by atoms with Gasteiger partial charge in [-0.15, -0.1) is 0 Å². The first-order valence-corrected chi connectivity index (χ1v) is 13.8. The Kier molecular flexibility index (Phi) is 8.50. The highest BCUT2D eigenvalue weighted by Crippen LogP contribution is 2.38. The van der Waals surface area contributed by atoms with Gasteiger partial charge in [0.2, 0.25) is 5.91 Å². The Hall–Kier alpha value is -4.51. The lowest BCUT2D eigenvalue weighted by molar-refractivity contribution is -0.122. The number of benzene rings is 4. The van der Waals surface area contributed by atoms with Gasteiger partial charge in [-0.3, -0.25) is 4.79 Å². The van der Waals surface area contributed by atoms with Gasteiger partial charge in [-0.25, -0.2) is 0 Å². The molecule has 40 heavy (non-hydrogen) atoms. The molecule has 0 aliphatic carbocycles. The first-order chi connectivity index (χ1) is 19.6. The summed E-state index contributed by atoms with van der Waals surface area (Å²) in [6.07, 6.45) is 3.18. The molecule has 5 rings (SSSR count). The van der Waals surface area contributed by atoms with Crippen LogP contribution >= 0.6 is 0 Å². The largest absolute Gasteiger partial charge is 0.497 e. The van der Waals surface area contributed by atoms with E-state index in [0.717, 1.165) is 34.1 Å². The molecule has 1 N–H and O–H groups in total. The molecule has 1 heterocycles. The van der Waals surface area contributed by atoms with Crippen molar-refractivity contribution in [2.24, 2.45) is 0 Å². The predicted molar refractivity (Wildman–Crippen MR) is 161 cm³/mol. The first-order valence-electron chi connectivity index (χ1n) is 13.8. The van der Waals surface area contributed by atoms with E-state index in [0.29, 0.717) is 17.9 Å². The van der Waals surface area contributed by atoms with Gasteiger partial charge in [0, 0.05) is 42.0 Å². The molecule has 204 valence electrons. The van der Waals surface area contributed by atoms with Gasteiger partial charge in [0.1, 0.15) is 11.5 Å². The monoisotopic (exact) mass is 532 g/mol. The molecule has 5 aromatic rings. The van der Waals surface area contributed by atoms with Crippen molar-refractivity contribution in [2.45, 2.75) is 38.3 Å². The summed E-state index contributed by atoms with van der Waals surface area (Å²) >= 11 is 0. The van der Waals surface area contributed by atoms with Crippen molar-refractivity contribution in [1.82, 2.24) is 9.88 Å². The van der Waals surface area contributed by atoms with Gasteiger partial charge in [0.15, 0.2) is 0 Å². The number of carbonyl (C=O) groups excluding carboxylic acids is 1. The maximum absolute atomic E-state index is 13.9. The normalized spacial score (nSPS) is 12.6. The highest BCUT2D eigenvalue weighted by atomic mass is 16.5. The van der Waals surface area contributed by atoms with Crippen LogP contribution < -0.4 is 14.8 Å². The van der Waals surface area contributed by atoms with E-state index < -0.39 is 0 Å². The second kappa shape index (κ2) is 12.6. The Labute approximate surface area is 236 Å². The molecule has 0 aliphatic rings. The number of ether oxygens (including phenoxy) is 2. The average molecular weight is 533 g/mol. The number of nitrogens with zero attached hydrogens (tertiary/aromatic N) is 1. The minimum atomic E-state index is -0.199. The van der Waals surface area contributed by atoms with Crippen LogP contribution in [-0.2, 0) is 17.8 Å². The van der Waals surface area contributed by atoms with Gasteiger partial charge in [-0.05, 0) is 53.8 Å². The Morgan fingerprint density at radius 2 is 1.43 bits per heavy atom. The highest BCUT2D eigenvalue weighted by Gasteiger charge is 2.25. The second-order valence-electron chi connectivity index (χ2n) is 10.0. The molecular formula is C35H36N2O3. The molecule has 0 spiro atoms. The summed E-state index contributed by atoms with van der Waals surface area (Å²) in [4.78, 5) is 13.9. The summed E-state index contributed by atoms with van der Waals surface area (Å²) in [5.74, 6) is 1.19. The average Bonchev–Trinajstić information content (AvgIpc) is 3.38. The van der Waals surface area contributed by atoms with Crippen LogP contribution in [0.15, 0.2) is 109 Å². The Morgan fingerprint density at radius 1 is 0.800 bits per heavy atom. The molecule has 4 aromatic carbocycles. The topological polar surface area (TPSA) is 52.5 Å². The van der Waals surface area contributed by atoms with Crippen molar-refractivity contribution in [1.29, 1.82) is 0 Å². The SMILES string of the molecule is CCn1cc([C@@H](CC(=O)N[C@@H](Cc2ccccc2)c2ccccc2)c2cc(OC)cc(OC)c2)c2ccccc21. The lowest BCUT2D eigenvalue weighted by Crippen LogP contribution is -2.31. The number of amides is 1. The molecule has 0 aliphatic heterocycles. The summed E-state index contributed by atoms with van der Waals surface area (Å²) in [7, 11) is 3.30. The van der Waals surface area contributed by atoms with Crippen LogP contribution in [0.3, 0.4) is 0 Å². The molecule has 0 radical (unpaired) electrons. The summed E-state index contributed by atoms with van der Waals surface area (Å²) in [5.41, 5.74) is 5.51. The van der Waals surface area contributed by atoms with Gasteiger partial charge in [0.25, 0.3) is 0 Å². The van der Waals surface area contributed by atoms with Crippen LogP contribution in [0.2, 0.25) is 0 Å². The number of carbonyl (C=O) groups is 1. The number of aromatic nitrogens is 1. The van der Waals surface area contributed by atoms with Crippen LogP contribution in [0.1, 0.15) is 47.6 Å². The van der Waals surface area contributed by atoms with E-state index in [-0.39, 0.29) is 24.3 Å². The van der Waals surface area contributed by atoms with Gasteiger partial charge >= 0.3 is 0 Å². The van der Waals surface area contributed by atoms with Crippen LogP contribution in [0.25, 0.3) is 10.9 Å². The van der Waals surface area contributed by atoms with E-state index >= 15 is 0 Å². The maximum atomic E-state index is 13.9. The molecule has 0 unspecified atom stereocenters. The maximum Gasteiger partial charge on any atom is 0.221 e. The number of hydrogen-bond acceptors (Lipinski definition) is 3. The smallest absolute Gasteiger partial charge is 0.221 e. The fraction of sp³-hybridized carbons (Fsp3) is 0.229. The Morgan fingerprint density at radius 3 is 2.08 bits per heavy atom. The highest BCUT2D eigenvalue weighted by molar-refractivity contribution is 5.87. The Bertz CT molecular complexity index is 1540. The third-order valence-corrected chi connectivity index (χ3v) is 7.52. The van der Waals surface area contributed by atoms with E-state index in [1.54, 1.807) is 14.2 Å². The van der Waals surface area contributed by atoms with Crippen molar-refractivity contribution in [3.05, 3.63) is 132 Å². The van der Waals surface area contributed by atoms with Crippen molar-refractivity contribution in [3.8, 4) is 11.5 Å². The third kappa shape index (κ3) is 6.04. The minimum Gasteiger partial charge on any atom is -0.497 e. The third-order valence-electron chi connectivity index (χ3n) is 7.52. The van der Waals surface area contributed by atoms with E-state index in [4.69, 9.17) is 9.47 Å². The second-order valence-corrected chi connectivity index (χ2v) is 10.0. The number of aryl methyl sites for hydroxylation is 1. The summed E-state index contributed by atoms with van der Waals surface area (Å²) < 4.78 is 13.5. The molecule has 5 nitrogen and oxygen atoms in total. The minimum absolute atomic E-state index is 0.00935. The predicted octanol–water partition coefficient (Wildman–Crippen LogP) is 7.30. The molecule has 5 heteroatoms. The fourth-order valence-corrected chi connectivity index (χ4v) is 5.48. The van der Waals surface area contributed by atoms with Gasteiger partial charge < -0.3 is 19.4 Å². The Balaban J connectivity index is 1.53. The molecule has 1 aromatic heterocycles. The molecular weight excluding hydrogens is 496 g/mol. The molecule has 0 saturated carbocycles. The van der Waals surface area contributed by atoms with Crippen LogP contribution in [0.5, 0.6) is 11.5 Å². The number of fused-ring (bicyclic) bond motifs is 1. The number of methoxy groups -OCH3 is 2. The van der Waals surface area contributed by atoms with Crippen molar-refractivity contribution < 1.29 is 14.3 Å². The zero-order valence-electron chi connectivity index (χ0n) is 23.3. The number of hydrogen-bond donors (Lipinski definition) is 1. The molecule has 0 bridgehead atoms. The molecule has 1 amide bonds. The van der Waals surface area contributed by atoms with E-state index in [9.17, 15) is 4.79 Å². The van der Waals surface area contributed by atoms with E-state index in [1.165, 1.54) is 5.56 Å². The number of rotatable bonds is 11. The van der Waals surface area contributed by atoms with Gasteiger partial charge in [-0.2, -0.15) is 0 Å². The summed E-state index contributed by atoms with van der Waals surface area (Å²) in [6.45, 7) is 2.98. The fourth-order valence-electron chi connectivity index (χ4n) is 5.48. The van der Waals surface area contributed by atoms with Gasteiger partial charge in [0.05, 0.1) is 20.3 Å². The lowest BCUT2D eigenvalue weighted by Gasteiger charge is -2.23. The lowest BCUT2D eigenvalue weighted by atomic mass is 9.87. The number of para-hydroxylation sites is 1. The summed E-state index contributed by atoms with van der Waals surface area (Å²) in [5, 5.41) is 4.52. The molecule has 2 atom stereocenters. The van der Waals surface area contributed by atoms with E-state index in [2.05, 4.69) is 71.5 Å². The van der Waals surface area contributed by atoms with Crippen molar-refractivity contribution in [3.63, 3.8) is 0 Å². The zero-order valence-corrected chi connectivity index (χ0v) is 23.3. The van der Waals surface area contributed by atoms with Crippen molar-refractivity contribution >= 4 is 16.8 Å². The summed E-state index contributed by atoms with van der Waals surface area (Å²) in [6, 6.07) is 34.6. The van der Waals surface area contributed by atoms with Crippen molar-refractivity contribution in [2.75, 3.05) is 14.2 Å². The number of nitrogens with one attached hydrogen (secondary N) is 1. The molecule has 0 fully saturated rings. The standard InChI is InChI=1S/C35H36N2O3/c1-4-37-24-32(30-17-11-12-18-34(30)37)31(27-20-28(39-2)22-29(21-27)40-3)23-35(38)36-33(26-15-9-6-10-16-26)19-25-13-7-5-8-14-25/h5-18,20-22,24,31,33H,4,19,23H2,1-3H3,(H,36,38)/t31-,33-/m0/s1. The van der Waals surface area contributed by atoms with Gasteiger partial charge in [-0.1, -0.05) is 78.9 Å². The first kappa shape index (κ1) is 27.1. The van der Waals surface area contributed by atoms with Crippen LogP contribution in [-0.4, -0.2) is 24.7 Å². The quantitative estimate of drug-likeness (QED) is 0.194. The van der Waals surface area contributed by atoms with E-state index in [1.807, 2.05) is 54.6 Å². The van der Waals surface area contributed by atoms with Crippen LogP contribution in [0, 0.1) is 0 Å². The zero-order chi connectivity index (χ0) is 27.9. The van der Waals surface area contributed by atoms with Crippen LogP contribution in [0.4, 0.5) is 0 Å². The molecule has 0 saturated heterocycles.